The molecule has 2 heterocycles. The smallest absolute Gasteiger partial charge is 0.193 e. The van der Waals surface area contributed by atoms with Crippen LogP contribution in [-0.4, -0.2) is 43.6 Å². The first-order valence-corrected chi connectivity index (χ1v) is 11.8. The van der Waals surface area contributed by atoms with Gasteiger partial charge in [-0.05, 0) is 50.2 Å². The molecular formula is C19H30O5Si. The highest BCUT2D eigenvalue weighted by Gasteiger charge is 2.54. The number of furan rings is 1. The topological polar surface area (TPSA) is 61.1 Å². The van der Waals surface area contributed by atoms with Crippen LogP contribution in [0.3, 0.4) is 0 Å². The third kappa shape index (κ3) is 3.51. The predicted molar refractivity (Wildman–Crippen MR) is 98.6 cm³/mol. The largest absolute Gasteiger partial charge is 0.465 e. The molecule has 0 unspecified atom stereocenters. The minimum Gasteiger partial charge on any atom is -0.465 e. The zero-order chi connectivity index (χ0) is 18.6. The van der Waals surface area contributed by atoms with E-state index in [-0.39, 0.29) is 17.2 Å². The van der Waals surface area contributed by atoms with Gasteiger partial charge in [0.1, 0.15) is 24.1 Å². The fourth-order valence-electron chi connectivity index (χ4n) is 3.15. The van der Waals surface area contributed by atoms with Crippen molar-refractivity contribution in [3.05, 3.63) is 30.2 Å². The number of hydrogen-bond acceptors (Lipinski definition) is 5. The molecule has 0 bridgehead atoms. The molecule has 5 nitrogen and oxygen atoms in total. The van der Waals surface area contributed by atoms with E-state index in [0.717, 1.165) is 0 Å². The van der Waals surface area contributed by atoms with Gasteiger partial charge in [-0.2, -0.15) is 0 Å². The minimum atomic E-state index is -2.03. The van der Waals surface area contributed by atoms with E-state index in [0.29, 0.717) is 11.3 Å². The Labute approximate surface area is 151 Å². The van der Waals surface area contributed by atoms with Crippen LogP contribution in [0.25, 0.3) is 5.57 Å². The lowest BCUT2D eigenvalue weighted by Crippen LogP contribution is -2.52. The van der Waals surface area contributed by atoms with Crippen LogP contribution in [0, 0.1) is 0 Å². The molecule has 6 heteroatoms. The molecule has 1 N–H and O–H groups in total. The lowest BCUT2D eigenvalue weighted by Gasteiger charge is -2.42. The van der Waals surface area contributed by atoms with Crippen LogP contribution < -0.4 is 0 Å². The summed E-state index contributed by atoms with van der Waals surface area (Å²) in [6.07, 6.45) is 1.66. The Morgan fingerprint density at radius 3 is 2.36 bits per heavy atom. The second-order valence-electron chi connectivity index (χ2n) is 8.95. The SMILES string of the molecule is CC1(C)O[C@@H]2[C@H](O1)[C@@H](O[Si](C)(C)C(C)(C)C)C=C(c1ccco1)[C@H]2O. The van der Waals surface area contributed by atoms with E-state index in [9.17, 15) is 5.11 Å². The van der Waals surface area contributed by atoms with Gasteiger partial charge in [-0.1, -0.05) is 20.8 Å². The molecule has 25 heavy (non-hydrogen) atoms. The van der Waals surface area contributed by atoms with Gasteiger partial charge in [0.05, 0.1) is 12.4 Å². The summed E-state index contributed by atoms with van der Waals surface area (Å²) in [6, 6.07) is 3.66. The molecule has 0 spiro atoms. The molecule has 1 aromatic heterocycles. The van der Waals surface area contributed by atoms with Gasteiger partial charge in [-0.25, -0.2) is 0 Å². The summed E-state index contributed by atoms with van der Waals surface area (Å²) in [5.74, 6) is -0.110. The summed E-state index contributed by atoms with van der Waals surface area (Å²) < 4.78 is 24.3. The van der Waals surface area contributed by atoms with Crippen molar-refractivity contribution < 1.29 is 23.4 Å². The number of rotatable bonds is 3. The van der Waals surface area contributed by atoms with Crippen molar-refractivity contribution in [3.63, 3.8) is 0 Å². The Bertz CT molecular complexity index is 641. The molecule has 2 aliphatic rings. The molecule has 1 aliphatic carbocycles. The second-order valence-corrected chi connectivity index (χ2v) is 13.7. The Hall–Kier alpha value is -0.923. The maximum atomic E-state index is 10.8. The van der Waals surface area contributed by atoms with Crippen LogP contribution in [0.15, 0.2) is 28.9 Å². The number of aliphatic hydroxyl groups excluding tert-OH is 1. The number of hydrogen-bond donors (Lipinski definition) is 1. The van der Waals surface area contributed by atoms with Crippen LogP contribution in [0.2, 0.25) is 18.1 Å². The van der Waals surface area contributed by atoms with Crippen LogP contribution >= 0.6 is 0 Å². The van der Waals surface area contributed by atoms with Gasteiger partial charge in [0.25, 0.3) is 0 Å². The number of aliphatic hydroxyl groups is 1. The molecular weight excluding hydrogens is 336 g/mol. The molecule has 1 aliphatic heterocycles. The third-order valence-electron chi connectivity index (χ3n) is 5.50. The normalized spacial score (nSPS) is 32.4. The monoisotopic (exact) mass is 366 g/mol. The van der Waals surface area contributed by atoms with Crippen molar-refractivity contribution in [2.45, 2.75) is 83.0 Å². The maximum Gasteiger partial charge on any atom is 0.193 e. The second kappa shape index (κ2) is 6.06. The van der Waals surface area contributed by atoms with Crippen molar-refractivity contribution >= 4 is 13.9 Å². The number of fused-ring (bicyclic) bond motifs is 1. The molecule has 1 saturated heterocycles. The van der Waals surface area contributed by atoms with Crippen molar-refractivity contribution in [1.29, 1.82) is 0 Å². The van der Waals surface area contributed by atoms with Crippen molar-refractivity contribution in [2.24, 2.45) is 0 Å². The van der Waals surface area contributed by atoms with Crippen LogP contribution in [0.4, 0.5) is 0 Å². The highest BCUT2D eigenvalue weighted by Crippen LogP contribution is 2.44. The van der Waals surface area contributed by atoms with E-state index >= 15 is 0 Å². The number of ether oxygens (including phenoxy) is 2. The van der Waals surface area contributed by atoms with E-state index in [1.807, 2.05) is 32.1 Å². The predicted octanol–water partition coefficient (Wildman–Crippen LogP) is 3.95. The minimum absolute atomic E-state index is 0.0756. The summed E-state index contributed by atoms with van der Waals surface area (Å²) in [5.41, 5.74) is 0.705. The van der Waals surface area contributed by atoms with E-state index in [2.05, 4.69) is 33.9 Å². The fourth-order valence-corrected chi connectivity index (χ4v) is 4.39. The summed E-state index contributed by atoms with van der Waals surface area (Å²) in [7, 11) is -2.03. The van der Waals surface area contributed by atoms with Gasteiger partial charge in [0.15, 0.2) is 14.1 Å². The van der Waals surface area contributed by atoms with Crippen molar-refractivity contribution in [3.8, 4) is 0 Å². The third-order valence-corrected chi connectivity index (χ3v) is 9.98. The average Bonchev–Trinajstić information content (AvgIpc) is 3.07. The summed E-state index contributed by atoms with van der Waals surface area (Å²) in [4.78, 5) is 0. The lowest BCUT2D eigenvalue weighted by molar-refractivity contribution is -0.155. The first-order valence-electron chi connectivity index (χ1n) is 8.88. The molecule has 0 aromatic carbocycles. The van der Waals surface area contributed by atoms with Gasteiger partial charge < -0.3 is 23.4 Å². The summed E-state index contributed by atoms with van der Waals surface area (Å²) in [6.45, 7) is 14.8. The van der Waals surface area contributed by atoms with Gasteiger partial charge in [0, 0.05) is 5.57 Å². The van der Waals surface area contributed by atoms with Crippen LogP contribution in [-0.2, 0) is 13.9 Å². The van der Waals surface area contributed by atoms with E-state index < -0.39 is 26.3 Å². The molecule has 0 saturated carbocycles. The van der Waals surface area contributed by atoms with Crippen molar-refractivity contribution in [1.82, 2.24) is 0 Å². The quantitative estimate of drug-likeness (QED) is 0.821. The Morgan fingerprint density at radius 1 is 1.16 bits per heavy atom. The first-order chi connectivity index (χ1) is 11.4. The summed E-state index contributed by atoms with van der Waals surface area (Å²) >= 11 is 0. The van der Waals surface area contributed by atoms with E-state index in [4.69, 9.17) is 18.3 Å². The molecule has 3 rings (SSSR count). The van der Waals surface area contributed by atoms with Crippen molar-refractivity contribution in [2.75, 3.05) is 0 Å². The average molecular weight is 367 g/mol. The lowest BCUT2D eigenvalue weighted by atomic mass is 9.88. The maximum absolute atomic E-state index is 10.8. The van der Waals surface area contributed by atoms with Gasteiger partial charge in [0.2, 0.25) is 0 Å². The summed E-state index contributed by atoms with van der Waals surface area (Å²) in [5, 5.41) is 10.9. The van der Waals surface area contributed by atoms with Crippen LogP contribution in [0.1, 0.15) is 40.4 Å². The fraction of sp³-hybridized carbons (Fsp3) is 0.684. The Morgan fingerprint density at radius 2 is 1.80 bits per heavy atom. The molecule has 0 amide bonds. The van der Waals surface area contributed by atoms with Gasteiger partial charge in [-0.15, -0.1) is 0 Å². The Balaban J connectivity index is 1.98. The molecule has 1 aromatic rings. The molecule has 0 radical (unpaired) electrons. The molecule has 4 atom stereocenters. The zero-order valence-electron chi connectivity index (χ0n) is 16.2. The van der Waals surface area contributed by atoms with Crippen LogP contribution in [0.5, 0.6) is 0 Å². The van der Waals surface area contributed by atoms with Gasteiger partial charge in [-0.3, -0.25) is 0 Å². The standard InChI is InChI=1S/C19H30O5Si/c1-18(2,3)25(6,7)24-14-11-12(13-9-8-10-21-13)15(20)17-16(14)22-19(4,5)23-17/h8-11,14-17,20H,1-7H3/t14-,15+,16+,17-/m0/s1. The highest BCUT2D eigenvalue weighted by molar-refractivity contribution is 6.74. The highest BCUT2D eigenvalue weighted by atomic mass is 28.4. The molecule has 1 fully saturated rings. The first kappa shape index (κ1) is 18.9. The van der Waals surface area contributed by atoms with E-state index in [1.165, 1.54) is 0 Å². The van der Waals surface area contributed by atoms with Gasteiger partial charge >= 0.3 is 0 Å². The molecule has 140 valence electrons. The van der Waals surface area contributed by atoms with E-state index in [1.54, 1.807) is 6.26 Å². The Kier molecular flexibility index (Phi) is 4.57. The zero-order valence-corrected chi connectivity index (χ0v) is 17.2.